The summed E-state index contributed by atoms with van der Waals surface area (Å²) in [5, 5.41) is 3.89. The fraction of sp³-hybridized carbons (Fsp3) is 0.333. The van der Waals surface area contributed by atoms with E-state index in [-0.39, 0.29) is 5.91 Å². The number of piperidine rings is 1. The molecule has 2 aromatic heterocycles. The van der Waals surface area contributed by atoms with E-state index >= 15 is 0 Å². The number of hydrogen-bond acceptors (Lipinski definition) is 7. The highest BCUT2D eigenvalue weighted by atomic mass is 16.7. The molecule has 2 fully saturated rings. The van der Waals surface area contributed by atoms with Gasteiger partial charge in [0.15, 0.2) is 5.79 Å². The molecule has 8 nitrogen and oxygen atoms in total. The second-order valence-corrected chi connectivity index (χ2v) is 7.17. The maximum absolute atomic E-state index is 12.8. The molecule has 4 heterocycles. The van der Waals surface area contributed by atoms with Gasteiger partial charge in [0.1, 0.15) is 5.69 Å². The van der Waals surface area contributed by atoms with Gasteiger partial charge in [-0.15, -0.1) is 0 Å². The number of benzene rings is 1. The predicted octanol–water partition coefficient (Wildman–Crippen LogP) is 2.62. The minimum atomic E-state index is -0.452. The Morgan fingerprint density at radius 1 is 1.00 bits per heavy atom. The first-order valence-electron chi connectivity index (χ1n) is 9.74. The van der Waals surface area contributed by atoms with E-state index in [1.807, 2.05) is 30.3 Å². The normalized spacial score (nSPS) is 18.3. The number of nitrogens with zero attached hydrogens (tertiary/aromatic N) is 4. The van der Waals surface area contributed by atoms with E-state index in [1.165, 1.54) is 0 Å². The third-order valence-corrected chi connectivity index (χ3v) is 5.38. The van der Waals surface area contributed by atoms with Crippen LogP contribution in [0.2, 0.25) is 0 Å². The molecule has 0 atom stereocenters. The highest BCUT2D eigenvalue weighted by molar-refractivity contribution is 6.07. The minimum absolute atomic E-state index is 0.289. The third-order valence-electron chi connectivity index (χ3n) is 5.38. The molecule has 0 unspecified atom stereocenters. The van der Waals surface area contributed by atoms with Crippen LogP contribution in [0.25, 0.3) is 10.9 Å². The summed E-state index contributed by atoms with van der Waals surface area (Å²) < 4.78 is 11.5. The van der Waals surface area contributed by atoms with Crippen molar-refractivity contribution in [2.24, 2.45) is 0 Å². The average molecular weight is 391 g/mol. The van der Waals surface area contributed by atoms with Crippen LogP contribution in [0.3, 0.4) is 0 Å². The van der Waals surface area contributed by atoms with Gasteiger partial charge in [0.25, 0.3) is 5.91 Å². The molecule has 2 aliphatic rings. The Balaban J connectivity index is 1.32. The van der Waals surface area contributed by atoms with Gasteiger partial charge in [-0.3, -0.25) is 9.78 Å². The first kappa shape index (κ1) is 18.0. The summed E-state index contributed by atoms with van der Waals surface area (Å²) in [6.07, 6.45) is 4.84. The topological polar surface area (TPSA) is 89.5 Å². The molecule has 29 heavy (non-hydrogen) atoms. The first-order chi connectivity index (χ1) is 14.2. The monoisotopic (exact) mass is 391 g/mol. The number of carbonyl (C=O) groups is 1. The lowest BCUT2D eigenvalue weighted by molar-refractivity contribution is -0.169. The second kappa shape index (κ2) is 7.38. The molecule has 2 aliphatic heterocycles. The third kappa shape index (κ3) is 3.52. The van der Waals surface area contributed by atoms with E-state index in [0.29, 0.717) is 30.5 Å². The Labute approximate surface area is 167 Å². The fourth-order valence-electron chi connectivity index (χ4n) is 3.85. The van der Waals surface area contributed by atoms with Crippen molar-refractivity contribution in [2.45, 2.75) is 18.6 Å². The van der Waals surface area contributed by atoms with Crippen molar-refractivity contribution in [3.8, 4) is 0 Å². The highest BCUT2D eigenvalue weighted by Crippen LogP contribution is 2.32. The molecule has 3 aromatic rings. The summed E-state index contributed by atoms with van der Waals surface area (Å²) in [5.41, 5.74) is 1.72. The molecular formula is C21H21N5O3. The van der Waals surface area contributed by atoms with E-state index in [2.05, 4.69) is 25.2 Å². The SMILES string of the molecule is O=C(Nc1cccc2cccnc12)c1ccnc(N2CCC3(CC2)OCCO3)n1. The molecule has 148 valence electrons. The lowest BCUT2D eigenvalue weighted by Gasteiger charge is -2.37. The minimum Gasteiger partial charge on any atom is -0.347 e. The summed E-state index contributed by atoms with van der Waals surface area (Å²) >= 11 is 0. The van der Waals surface area contributed by atoms with Crippen molar-refractivity contribution in [2.75, 3.05) is 36.5 Å². The summed E-state index contributed by atoms with van der Waals surface area (Å²) in [6, 6.07) is 11.1. The Morgan fingerprint density at radius 2 is 1.79 bits per heavy atom. The fourth-order valence-corrected chi connectivity index (χ4v) is 3.85. The zero-order chi connectivity index (χ0) is 19.7. The number of amides is 1. The second-order valence-electron chi connectivity index (χ2n) is 7.17. The van der Waals surface area contributed by atoms with Gasteiger partial charge in [-0.1, -0.05) is 18.2 Å². The number of ether oxygens (including phenoxy) is 2. The van der Waals surface area contributed by atoms with Crippen molar-refractivity contribution < 1.29 is 14.3 Å². The molecule has 1 amide bonds. The molecular weight excluding hydrogens is 370 g/mol. The van der Waals surface area contributed by atoms with Crippen LogP contribution >= 0.6 is 0 Å². The van der Waals surface area contributed by atoms with E-state index in [4.69, 9.17) is 9.47 Å². The van der Waals surface area contributed by atoms with Crippen molar-refractivity contribution >= 4 is 28.4 Å². The number of hydrogen-bond donors (Lipinski definition) is 1. The molecule has 0 radical (unpaired) electrons. The molecule has 8 heteroatoms. The Bertz CT molecular complexity index is 1040. The van der Waals surface area contributed by atoms with Gasteiger partial charge in [-0.2, -0.15) is 0 Å². The van der Waals surface area contributed by atoms with Crippen LogP contribution < -0.4 is 10.2 Å². The lowest BCUT2D eigenvalue weighted by Crippen LogP contribution is -2.45. The van der Waals surface area contributed by atoms with E-state index in [0.717, 1.165) is 36.8 Å². The maximum Gasteiger partial charge on any atom is 0.274 e. The molecule has 2 saturated heterocycles. The Hall–Kier alpha value is -3.10. The number of fused-ring (bicyclic) bond motifs is 1. The number of nitrogens with one attached hydrogen (secondary N) is 1. The van der Waals surface area contributed by atoms with Gasteiger partial charge in [-0.25, -0.2) is 9.97 Å². The predicted molar refractivity (Wildman–Crippen MR) is 108 cm³/mol. The number of aromatic nitrogens is 3. The quantitative estimate of drug-likeness (QED) is 0.734. The van der Waals surface area contributed by atoms with Gasteiger partial charge < -0.3 is 19.7 Å². The van der Waals surface area contributed by atoms with Gasteiger partial charge >= 0.3 is 0 Å². The van der Waals surface area contributed by atoms with Crippen molar-refractivity contribution in [3.05, 3.63) is 54.5 Å². The van der Waals surface area contributed by atoms with Crippen LogP contribution in [-0.2, 0) is 9.47 Å². The van der Waals surface area contributed by atoms with Crippen LogP contribution in [0.1, 0.15) is 23.3 Å². The summed E-state index contributed by atoms with van der Waals surface area (Å²) in [4.78, 5) is 28.1. The van der Waals surface area contributed by atoms with Gasteiger partial charge in [0.2, 0.25) is 5.95 Å². The standard InChI is InChI=1S/C21H21N5O3/c27-19(24-16-5-1-3-15-4-2-9-22-18(15)16)17-6-10-23-20(25-17)26-11-7-21(8-12-26)28-13-14-29-21/h1-6,9-10H,7-8,11-14H2,(H,24,27). The van der Waals surface area contributed by atoms with E-state index < -0.39 is 5.79 Å². The Morgan fingerprint density at radius 3 is 2.62 bits per heavy atom. The molecule has 1 spiro atoms. The zero-order valence-electron chi connectivity index (χ0n) is 15.9. The first-order valence-corrected chi connectivity index (χ1v) is 9.74. The number of pyridine rings is 1. The molecule has 1 aromatic carbocycles. The van der Waals surface area contributed by atoms with Crippen LogP contribution in [-0.4, -0.2) is 52.9 Å². The summed E-state index contributed by atoms with van der Waals surface area (Å²) in [7, 11) is 0. The summed E-state index contributed by atoms with van der Waals surface area (Å²) in [6.45, 7) is 2.74. The van der Waals surface area contributed by atoms with Gasteiger partial charge in [0, 0.05) is 43.7 Å². The summed E-state index contributed by atoms with van der Waals surface area (Å²) in [5.74, 6) is -0.198. The number of para-hydroxylation sites is 1. The lowest BCUT2D eigenvalue weighted by atomic mass is 10.0. The number of anilines is 2. The molecule has 0 aliphatic carbocycles. The molecule has 0 saturated carbocycles. The van der Waals surface area contributed by atoms with Crippen LogP contribution in [0.4, 0.5) is 11.6 Å². The maximum atomic E-state index is 12.8. The largest absolute Gasteiger partial charge is 0.347 e. The zero-order valence-corrected chi connectivity index (χ0v) is 15.9. The number of rotatable bonds is 3. The molecule has 5 rings (SSSR count). The van der Waals surface area contributed by atoms with Crippen LogP contribution in [0.5, 0.6) is 0 Å². The van der Waals surface area contributed by atoms with Crippen molar-refractivity contribution in [3.63, 3.8) is 0 Å². The molecule has 0 bridgehead atoms. The highest BCUT2D eigenvalue weighted by Gasteiger charge is 2.40. The number of carbonyl (C=O) groups excluding carboxylic acids is 1. The van der Waals surface area contributed by atoms with E-state index in [9.17, 15) is 4.79 Å². The average Bonchev–Trinajstić information content (AvgIpc) is 3.22. The smallest absolute Gasteiger partial charge is 0.274 e. The van der Waals surface area contributed by atoms with Crippen LogP contribution in [0.15, 0.2) is 48.8 Å². The van der Waals surface area contributed by atoms with Crippen LogP contribution in [0, 0.1) is 0 Å². The van der Waals surface area contributed by atoms with Gasteiger partial charge in [0.05, 0.1) is 24.4 Å². The molecule has 1 N–H and O–H groups in total. The van der Waals surface area contributed by atoms with Crippen molar-refractivity contribution in [1.29, 1.82) is 0 Å². The van der Waals surface area contributed by atoms with Crippen molar-refractivity contribution in [1.82, 2.24) is 15.0 Å². The Kier molecular flexibility index (Phi) is 4.57. The van der Waals surface area contributed by atoms with E-state index in [1.54, 1.807) is 18.5 Å². The van der Waals surface area contributed by atoms with Gasteiger partial charge in [-0.05, 0) is 18.2 Å².